The Labute approximate surface area is 44.0 Å². The third-order valence-corrected chi connectivity index (χ3v) is 0.667. The lowest BCUT2D eigenvalue weighted by Gasteiger charge is -1.46. The number of hydrogen-bond acceptors (Lipinski definition) is 2. The van der Waals surface area contributed by atoms with Crippen molar-refractivity contribution in [3.63, 3.8) is 0 Å². The van der Waals surface area contributed by atoms with E-state index in [4.69, 9.17) is 0 Å². The third-order valence-electron chi connectivity index (χ3n) is 0.167. The Morgan fingerprint density at radius 2 is 1.17 bits per heavy atom. The number of halogens is 2. The predicted octanol–water partition coefficient (Wildman–Crippen LogP) is -1.40. The lowest BCUT2D eigenvalue weighted by molar-refractivity contribution is -0.345. The van der Waals surface area contributed by atoms with Gasteiger partial charge in [0.25, 0.3) is 0 Å². The minimum Gasteiger partial charge on any atom is -0.209 e. The molecule has 0 aromatic heterocycles. The number of carbonyl (C=O) groups excluding carboxylic acids is 2. The van der Waals surface area contributed by atoms with Gasteiger partial charge in [-0.1, -0.05) is 0 Å². The highest BCUT2D eigenvalue weighted by molar-refractivity contribution is 6.25. The second kappa shape index (κ2) is 2.16. The zero-order valence-corrected chi connectivity index (χ0v) is 4.27. The van der Waals surface area contributed by atoms with Crippen LogP contribution in [0.3, 0.4) is 0 Å². The Kier molecular flexibility index (Phi) is 2.13. The van der Waals surface area contributed by atoms with Crippen molar-refractivity contribution in [3.05, 3.63) is 0 Å². The summed E-state index contributed by atoms with van der Waals surface area (Å²) in [5.41, 5.74) is 0. The van der Waals surface area contributed by atoms with Crippen LogP contribution < -0.4 is 0 Å². The highest BCUT2D eigenvalue weighted by Crippen LogP contribution is 1.62. The largest absolute Gasteiger partial charge is 0.531 e. The van der Waals surface area contributed by atoms with Crippen molar-refractivity contribution < 1.29 is 32.8 Å². The molecule has 0 N–H and O–H groups in total. The molecule has 0 saturated carbocycles. The molecule has 0 aliphatic rings. The van der Waals surface area contributed by atoms with Crippen LogP contribution >= 0.6 is 0 Å². The molecule has 0 radical (unpaired) electrons. The van der Waals surface area contributed by atoms with Gasteiger partial charge in [0.2, 0.25) is 23.2 Å². The first-order valence-electron chi connectivity index (χ1n) is 1.07. The molecular weight excluding hydrogens is 127 g/mol. The summed E-state index contributed by atoms with van der Waals surface area (Å²) in [5, 5.41) is -1.96. The van der Waals surface area contributed by atoms with Gasteiger partial charge < -0.3 is 0 Å². The van der Waals surface area contributed by atoms with E-state index in [0.717, 1.165) is 0 Å². The van der Waals surface area contributed by atoms with E-state index in [1.807, 2.05) is 0 Å². The van der Waals surface area contributed by atoms with Crippen molar-refractivity contribution in [1.82, 2.24) is 0 Å². The van der Waals surface area contributed by atoms with Crippen LogP contribution in [-0.4, -0.2) is 10.5 Å². The van der Waals surface area contributed by atoms with Crippen molar-refractivity contribution >= 4 is 10.5 Å². The molecule has 0 aliphatic heterocycles. The topological polar surface area (TPSA) is 34.1 Å². The van der Waals surface area contributed by atoms with Crippen LogP contribution in [0, 0.1) is 23.2 Å². The zero-order valence-electron chi connectivity index (χ0n) is 2.63. The van der Waals surface area contributed by atoms with Crippen molar-refractivity contribution in [2.75, 3.05) is 0 Å². The van der Waals surface area contributed by atoms with E-state index in [-0.39, 0.29) is 0 Å². The lowest BCUT2D eigenvalue weighted by Crippen LogP contribution is -2.03. The Hall–Kier alpha value is -0.0800. The molecule has 34 valence electrons. The Bertz CT molecular complexity index is 75.5. The normalized spacial score (nSPS) is 7.67. The number of carbonyl (C=O) groups is 2. The predicted molar refractivity (Wildman–Crippen MR) is 12.8 cm³/mol. The van der Waals surface area contributed by atoms with Gasteiger partial charge in [-0.15, -0.1) is 0 Å². The quantitative estimate of drug-likeness (QED) is 0.322. The number of rotatable bonds is 1. The molecule has 0 heterocycles. The molecule has 0 aliphatic carbocycles. The van der Waals surface area contributed by atoms with Gasteiger partial charge in [-0.25, -0.2) is 9.59 Å². The minimum absolute atomic E-state index is 0.981. The Morgan fingerprint density at radius 1 is 1.00 bits per heavy atom. The first kappa shape index (κ1) is 5.92. The van der Waals surface area contributed by atoms with Gasteiger partial charge in [-0.05, 0) is 0 Å². The average Bonchev–Trinajstić information content (AvgIpc) is 1.36. The molecule has 0 unspecified atom stereocenters. The van der Waals surface area contributed by atoms with Crippen LogP contribution in [0.25, 0.3) is 0 Å². The van der Waals surface area contributed by atoms with Crippen LogP contribution in [-0.2, 0) is 9.59 Å². The van der Waals surface area contributed by atoms with E-state index in [1.165, 1.54) is 0 Å². The summed E-state index contributed by atoms with van der Waals surface area (Å²) < 4.78 is 0. The molecule has 0 fully saturated rings. The van der Waals surface area contributed by atoms with Crippen LogP contribution in [0.15, 0.2) is 0 Å². The van der Waals surface area contributed by atoms with Gasteiger partial charge in [0, 0.05) is 0 Å². The SMILES string of the molecule is O=C([ClH+])C(=O)[ClH+]. The molecule has 0 spiro atoms. The van der Waals surface area contributed by atoms with E-state index in [9.17, 15) is 9.59 Å². The molecule has 4 heteroatoms. The van der Waals surface area contributed by atoms with E-state index in [2.05, 4.69) is 23.2 Å². The summed E-state index contributed by atoms with van der Waals surface area (Å²) in [6, 6.07) is 0. The van der Waals surface area contributed by atoms with Crippen molar-refractivity contribution in [1.29, 1.82) is 0 Å². The number of hydrogen-bond donors (Lipinski definition) is 0. The summed E-state index contributed by atoms with van der Waals surface area (Å²) in [5.74, 6) is 0. The van der Waals surface area contributed by atoms with Gasteiger partial charge in [0.1, 0.15) is 0 Å². The molecule has 0 saturated heterocycles. The smallest absolute Gasteiger partial charge is 0.209 e. The fourth-order valence-corrected chi connectivity index (χ4v) is 0. The van der Waals surface area contributed by atoms with Crippen LogP contribution in [0.5, 0.6) is 0 Å². The maximum absolute atomic E-state index is 9.50. The second-order valence-electron chi connectivity index (χ2n) is 0.575. The molecule has 2 nitrogen and oxygen atoms in total. The monoisotopic (exact) mass is 128 g/mol. The van der Waals surface area contributed by atoms with Gasteiger partial charge in [0.15, 0.2) is 0 Å². The van der Waals surface area contributed by atoms with Crippen LogP contribution in [0.1, 0.15) is 0 Å². The Balaban J connectivity index is 3.57. The average molecular weight is 129 g/mol. The van der Waals surface area contributed by atoms with Crippen LogP contribution in [0.2, 0.25) is 0 Å². The Morgan fingerprint density at radius 3 is 1.17 bits per heavy atom. The molecule has 6 heavy (non-hydrogen) atoms. The van der Waals surface area contributed by atoms with Gasteiger partial charge >= 0.3 is 10.5 Å². The van der Waals surface area contributed by atoms with E-state index < -0.39 is 10.5 Å². The molecular formula is C2H2Cl2O2+2. The zero-order chi connectivity index (χ0) is 5.15. The molecule has 0 bridgehead atoms. The maximum Gasteiger partial charge on any atom is 0.531 e. The van der Waals surface area contributed by atoms with E-state index in [1.54, 1.807) is 0 Å². The third kappa shape index (κ3) is 2.18. The van der Waals surface area contributed by atoms with Gasteiger partial charge in [-0.3, -0.25) is 0 Å². The fraction of sp³-hybridized carbons (Fsp3) is 0. The van der Waals surface area contributed by atoms with Gasteiger partial charge in [0.05, 0.1) is 0 Å². The minimum atomic E-state index is -0.981. The van der Waals surface area contributed by atoms with Crippen molar-refractivity contribution in [2.24, 2.45) is 0 Å². The highest BCUT2D eigenvalue weighted by Gasteiger charge is 2.23. The summed E-state index contributed by atoms with van der Waals surface area (Å²) in [6.45, 7) is 0. The molecule has 0 amide bonds. The highest BCUT2D eigenvalue weighted by atomic mass is 35.5. The van der Waals surface area contributed by atoms with Crippen molar-refractivity contribution in [2.45, 2.75) is 0 Å². The second-order valence-corrected chi connectivity index (χ2v) is 1.32. The first-order chi connectivity index (χ1) is 2.64. The van der Waals surface area contributed by atoms with Crippen LogP contribution in [0.4, 0.5) is 0 Å². The standard InChI is InChI=1S/C2H2Cl2O2/c3-1(5)2(4)6/h3-4H/q+2. The molecule has 0 aromatic rings. The van der Waals surface area contributed by atoms with E-state index >= 15 is 0 Å². The molecule has 0 aromatic carbocycles. The summed E-state index contributed by atoms with van der Waals surface area (Å²) in [6.07, 6.45) is 0. The van der Waals surface area contributed by atoms with Crippen molar-refractivity contribution in [3.8, 4) is 0 Å². The summed E-state index contributed by atoms with van der Waals surface area (Å²) in [7, 11) is 0. The maximum atomic E-state index is 9.50. The fourth-order valence-electron chi connectivity index (χ4n) is 0. The van der Waals surface area contributed by atoms with Gasteiger partial charge in [-0.2, -0.15) is 0 Å². The summed E-state index contributed by atoms with van der Waals surface area (Å²) >= 11 is 7.62. The molecule has 0 rings (SSSR count). The summed E-state index contributed by atoms with van der Waals surface area (Å²) in [4.78, 5) is 19.0. The lowest BCUT2D eigenvalue weighted by atomic mass is 10.9. The first-order valence-corrected chi connectivity index (χ1v) is 1.88. The molecule has 0 atom stereocenters. The van der Waals surface area contributed by atoms with E-state index in [0.29, 0.717) is 0 Å².